The lowest BCUT2D eigenvalue weighted by atomic mass is 10.1. The van der Waals surface area contributed by atoms with E-state index in [2.05, 4.69) is 31.5 Å². The van der Waals surface area contributed by atoms with Gasteiger partial charge in [0.15, 0.2) is 0 Å². The van der Waals surface area contributed by atoms with Crippen LogP contribution >= 0.6 is 15.9 Å². The molecule has 0 spiro atoms. The van der Waals surface area contributed by atoms with Crippen LogP contribution in [0.25, 0.3) is 10.9 Å². The maximum absolute atomic E-state index is 12.2. The van der Waals surface area contributed by atoms with Crippen LogP contribution in [-0.2, 0) is 11.3 Å². The van der Waals surface area contributed by atoms with Crippen molar-refractivity contribution in [3.63, 3.8) is 0 Å². The lowest BCUT2D eigenvalue weighted by Crippen LogP contribution is -2.28. The monoisotopic (exact) mass is 413 g/mol. The summed E-state index contributed by atoms with van der Waals surface area (Å²) in [5.74, 6) is -0.419. The number of benzene rings is 2. The minimum atomic E-state index is -0.419. The first-order chi connectivity index (χ1) is 12.6. The van der Waals surface area contributed by atoms with Crippen LogP contribution in [0, 0.1) is 0 Å². The number of amides is 2. The van der Waals surface area contributed by atoms with Crippen molar-refractivity contribution < 1.29 is 14.3 Å². The highest BCUT2D eigenvalue weighted by Gasteiger charge is 2.11. The molecule has 0 saturated carbocycles. The number of rotatable bonds is 4. The van der Waals surface area contributed by atoms with Gasteiger partial charge in [-0.3, -0.25) is 4.98 Å². The van der Waals surface area contributed by atoms with Gasteiger partial charge in [0, 0.05) is 22.6 Å². The molecule has 0 aliphatic rings. The Bertz CT molecular complexity index is 970. The molecule has 0 unspecified atom stereocenters. The fourth-order valence-electron chi connectivity index (χ4n) is 2.50. The van der Waals surface area contributed by atoms with Crippen molar-refractivity contribution >= 4 is 44.5 Å². The molecule has 1 aromatic heterocycles. The van der Waals surface area contributed by atoms with Crippen molar-refractivity contribution in [3.8, 4) is 0 Å². The normalized spacial score (nSPS) is 10.4. The van der Waals surface area contributed by atoms with Crippen molar-refractivity contribution in [2.24, 2.45) is 0 Å². The molecule has 1 heterocycles. The van der Waals surface area contributed by atoms with Gasteiger partial charge in [-0.2, -0.15) is 0 Å². The molecule has 132 valence electrons. The number of para-hydroxylation sites is 1. The Hall–Kier alpha value is -2.93. The van der Waals surface area contributed by atoms with Gasteiger partial charge in [-0.05, 0) is 45.8 Å². The number of urea groups is 1. The number of carbonyl (C=O) groups excluding carboxylic acids is 2. The molecule has 3 aromatic rings. The number of carbonyl (C=O) groups is 2. The molecule has 3 rings (SSSR count). The Balaban J connectivity index is 1.66. The molecule has 0 bridgehead atoms. The zero-order chi connectivity index (χ0) is 18.5. The first-order valence-electron chi connectivity index (χ1n) is 7.84. The van der Waals surface area contributed by atoms with E-state index in [1.165, 1.54) is 7.11 Å². The Kier molecular flexibility index (Phi) is 5.48. The molecular weight excluding hydrogens is 398 g/mol. The second-order valence-corrected chi connectivity index (χ2v) is 6.35. The molecule has 0 radical (unpaired) electrons. The van der Waals surface area contributed by atoms with Gasteiger partial charge in [0.1, 0.15) is 0 Å². The summed E-state index contributed by atoms with van der Waals surface area (Å²) in [6, 6.07) is 14.2. The highest BCUT2D eigenvalue weighted by atomic mass is 79.9. The number of anilines is 1. The van der Waals surface area contributed by atoms with Crippen LogP contribution in [0.15, 0.2) is 59.2 Å². The number of nitrogens with zero attached hydrogens (tertiary/aromatic N) is 1. The lowest BCUT2D eigenvalue weighted by molar-refractivity contribution is 0.0599. The Morgan fingerprint density at radius 2 is 1.96 bits per heavy atom. The molecule has 2 aromatic carbocycles. The second-order valence-electron chi connectivity index (χ2n) is 5.49. The third-order valence-electron chi connectivity index (χ3n) is 3.77. The van der Waals surface area contributed by atoms with Crippen LogP contribution in [0.5, 0.6) is 0 Å². The molecule has 2 amide bonds. The largest absolute Gasteiger partial charge is 0.465 e. The van der Waals surface area contributed by atoms with E-state index in [9.17, 15) is 9.59 Å². The number of hydrogen-bond acceptors (Lipinski definition) is 4. The summed E-state index contributed by atoms with van der Waals surface area (Å²) < 4.78 is 5.32. The minimum Gasteiger partial charge on any atom is -0.465 e. The molecule has 7 heteroatoms. The van der Waals surface area contributed by atoms with Gasteiger partial charge in [-0.15, -0.1) is 0 Å². The maximum atomic E-state index is 12.2. The predicted octanol–water partition coefficient (Wildman–Crippen LogP) is 4.11. The van der Waals surface area contributed by atoms with Gasteiger partial charge >= 0.3 is 12.0 Å². The Labute approximate surface area is 158 Å². The van der Waals surface area contributed by atoms with Crippen LogP contribution in [0.2, 0.25) is 0 Å². The lowest BCUT2D eigenvalue weighted by Gasteiger charge is -2.10. The number of esters is 1. The molecule has 0 aliphatic carbocycles. The van der Waals surface area contributed by atoms with Gasteiger partial charge in [0.05, 0.1) is 23.9 Å². The molecule has 26 heavy (non-hydrogen) atoms. The number of halogens is 1. The topological polar surface area (TPSA) is 80.3 Å². The van der Waals surface area contributed by atoms with Crippen LogP contribution in [-0.4, -0.2) is 24.1 Å². The molecule has 0 fully saturated rings. The first-order valence-corrected chi connectivity index (χ1v) is 8.63. The third kappa shape index (κ3) is 4.00. The van der Waals surface area contributed by atoms with Crippen molar-refractivity contribution in [1.82, 2.24) is 10.3 Å². The molecule has 0 saturated heterocycles. The van der Waals surface area contributed by atoms with Crippen LogP contribution in [0.4, 0.5) is 10.5 Å². The van der Waals surface area contributed by atoms with Crippen molar-refractivity contribution in [2.45, 2.75) is 6.54 Å². The van der Waals surface area contributed by atoms with E-state index in [-0.39, 0.29) is 6.03 Å². The predicted molar refractivity (Wildman–Crippen MR) is 103 cm³/mol. The van der Waals surface area contributed by atoms with E-state index < -0.39 is 5.97 Å². The summed E-state index contributed by atoms with van der Waals surface area (Å²) in [5.41, 5.74) is 2.65. The van der Waals surface area contributed by atoms with Crippen LogP contribution < -0.4 is 10.6 Å². The Morgan fingerprint density at radius 3 is 2.73 bits per heavy atom. The van der Waals surface area contributed by atoms with Gasteiger partial charge in [0.2, 0.25) is 0 Å². The van der Waals surface area contributed by atoms with E-state index in [1.54, 1.807) is 30.5 Å². The van der Waals surface area contributed by atoms with Crippen molar-refractivity contribution in [1.29, 1.82) is 0 Å². The van der Waals surface area contributed by atoms with Gasteiger partial charge in [-0.25, -0.2) is 9.59 Å². The summed E-state index contributed by atoms with van der Waals surface area (Å²) in [5, 5.41) is 6.55. The van der Waals surface area contributed by atoms with E-state index in [1.807, 2.05) is 24.3 Å². The van der Waals surface area contributed by atoms with E-state index in [0.29, 0.717) is 22.3 Å². The van der Waals surface area contributed by atoms with Gasteiger partial charge in [0.25, 0.3) is 0 Å². The first kappa shape index (κ1) is 17.9. The number of methoxy groups -OCH3 is 1. The fourth-order valence-corrected chi connectivity index (χ4v) is 3.09. The zero-order valence-electron chi connectivity index (χ0n) is 14.0. The molecule has 2 N–H and O–H groups in total. The van der Waals surface area contributed by atoms with Crippen molar-refractivity contribution in [2.75, 3.05) is 12.4 Å². The standard InChI is InChI=1S/C19H16BrN3O3/c1-26-18(24)14-8-7-12(10-15(14)20)11-22-19(25)23-16-6-2-4-13-5-3-9-21-17(13)16/h2-10H,11H2,1H3,(H2,22,23,25). The SMILES string of the molecule is COC(=O)c1ccc(CNC(=O)Nc2cccc3cccnc23)cc1Br. The summed E-state index contributed by atoms with van der Waals surface area (Å²) in [7, 11) is 1.33. The quantitative estimate of drug-likeness (QED) is 0.630. The van der Waals surface area contributed by atoms with Gasteiger partial charge < -0.3 is 15.4 Å². The molecule has 0 aliphatic heterocycles. The number of ether oxygens (including phenoxy) is 1. The molecular formula is C19H16BrN3O3. The van der Waals surface area contributed by atoms with E-state index in [0.717, 1.165) is 16.5 Å². The average molecular weight is 414 g/mol. The number of fused-ring (bicyclic) bond motifs is 1. The summed E-state index contributed by atoms with van der Waals surface area (Å²) >= 11 is 3.34. The summed E-state index contributed by atoms with van der Waals surface area (Å²) in [4.78, 5) is 28.1. The molecule has 0 atom stereocenters. The smallest absolute Gasteiger partial charge is 0.339 e. The number of hydrogen-bond donors (Lipinski definition) is 2. The van der Waals surface area contributed by atoms with Crippen LogP contribution in [0.1, 0.15) is 15.9 Å². The third-order valence-corrected chi connectivity index (χ3v) is 4.43. The van der Waals surface area contributed by atoms with Crippen molar-refractivity contribution in [3.05, 3.63) is 70.3 Å². The van der Waals surface area contributed by atoms with E-state index in [4.69, 9.17) is 4.74 Å². The summed E-state index contributed by atoms with van der Waals surface area (Å²) in [6.07, 6.45) is 1.69. The maximum Gasteiger partial charge on any atom is 0.339 e. The minimum absolute atomic E-state index is 0.310. The highest BCUT2D eigenvalue weighted by Crippen LogP contribution is 2.21. The van der Waals surface area contributed by atoms with Crippen LogP contribution in [0.3, 0.4) is 0 Å². The number of nitrogens with one attached hydrogen (secondary N) is 2. The number of pyridine rings is 1. The van der Waals surface area contributed by atoms with Gasteiger partial charge in [-0.1, -0.05) is 24.3 Å². The summed E-state index contributed by atoms with van der Waals surface area (Å²) in [6.45, 7) is 0.310. The zero-order valence-corrected chi connectivity index (χ0v) is 15.5. The average Bonchev–Trinajstić information content (AvgIpc) is 2.66. The Morgan fingerprint density at radius 1 is 1.15 bits per heavy atom. The second kappa shape index (κ2) is 7.97. The number of aromatic nitrogens is 1. The highest BCUT2D eigenvalue weighted by molar-refractivity contribution is 9.10. The van der Waals surface area contributed by atoms with E-state index >= 15 is 0 Å². The molecule has 6 nitrogen and oxygen atoms in total. The fraction of sp³-hybridized carbons (Fsp3) is 0.105.